The molecule has 19 heavy (non-hydrogen) atoms. The molecule has 0 spiro atoms. The van der Waals surface area contributed by atoms with Crippen LogP contribution in [-0.4, -0.2) is 23.2 Å². The fraction of sp³-hybridized carbons (Fsp3) is 0.231. The van der Waals surface area contributed by atoms with Gasteiger partial charge in [-0.2, -0.15) is 5.10 Å². The number of aromatic nitrogens is 2. The van der Waals surface area contributed by atoms with Gasteiger partial charge in [0.15, 0.2) is 0 Å². The van der Waals surface area contributed by atoms with Crippen molar-refractivity contribution in [3.8, 4) is 5.75 Å². The van der Waals surface area contributed by atoms with Crippen molar-refractivity contribution in [3.63, 3.8) is 0 Å². The van der Waals surface area contributed by atoms with E-state index < -0.39 is 0 Å². The predicted octanol–water partition coefficient (Wildman–Crippen LogP) is 2.67. The molecule has 0 aliphatic carbocycles. The number of carbonyl (C=O) groups excluding carboxylic acids is 1. The second kappa shape index (κ2) is 5.88. The molecule has 2 N–H and O–H groups in total. The first-order valence-corrected chi connectivity index (χ1v) is 6.55. The highest BCUT2D eigenvalue weighted by Crippen LogP contribution is 2.18. The van der Waals surface area contributed by atoms with Crippen molar-refractivity contribution in [2.45, 2.75) is 13.0 Å². The van der Waals surface area contributed by atoms with Gasteiger partial charge in [0.25, 0.3) is 5.91 Å². The first-order chi connectivity index (χ1) is 9.11. The lowest BCUT2D eigenvalue weighted by Gasteiger charge is -2.14. The van der Waals surface area contributed by atoms with Crippen LogP contribution in [0, 0.1) is 0 Å². The first kappa shape index (κ1) is 13.6. The fourth-order valence-electron chi connectivity index (χ4n) is 1.68. The van der Waals surface area contributed by atoms with Gasteiger partial charge in [0, 0.05) is 0 Å². The number of aromatic amines is 1. The molecular formula is C13H14BrN3O2. The average Bonchev–Trinajstić information content (AvgIpc) is 2.85. The molecular weight excluding hydrogens is 310 g/mol. The standard InChI is InChI=1S/C13H14BrN3O2/c1-8(9-3-5-10(19-2)6-4-9)16-13(18)12-11(14)7-15-17-12/h3-8H,1-2H3,(H,15,17)(H,16,18). The number of benzene rings is 1. The summed E-state index contributed by atoms with van der Waals surface area (Å²) in [4.78, 5) is 12.0. The van der Waals surface area contributed by atoms with Crippen molar-refractivity contribution in [1.29, 1.82) is 0 Å². The number of H-pyrrole nitrogens is 1. The minimum Gasteiger partial charge on any atom is -0.497 e. The summed E-state index contributed by atoms with van der Waals surface area (Å²) in [5.74, 6) is 0.589. The average molecular weight is 324 g/mol. The number of rotatable bonds is 4. The van der Waals surface area contributed by atoms with E-state index in [1.54, 1.807) is 13.3 Å². The van der Waals surface area contributed by atoms with Crippen LogP contribution in [0.15, 0.2) is 34.9 Å². The van der Waals surface area contributed by atoms with Gasteiger partial charge in [0.2, 0.25) is 0 Å². The summed E-state index contributed by atoms with van der Waals surface area (Å²) in [7, 11) is 1.62. The highest BCUT2D eigenvalue weighted by Gasteiger charge is 2.15. The molecule has 0 fully saturated rings. The molecule has 2 rings (SSSR count). The number of nitrogens with one attached hydrogen (secondary N) is 2. The monoisotopic (exact) mass is 323 g/mol. The Kier molecular flexibility index (Phi) is 4.21. The molecule has 0 aliphatic rings. The van der Waals surface area contributed by atoms with E-state index in [1.807, 2.05) is 31.2 Å². The Bertz CT molecular complexity index is 566. The number of nitrogens with zero attached hydrogens (tertiary/aromatic N) is 1. The van der Waals surface area contributed by atoms with Gasteiger partial charge in [-0.05, 0) is 40.5 Å². The van der Waals surface area contributed by atoms with E-state index in [9.17, 15) is 4.79 Å². The Labute approximate surface area is 119 Å². The van der Waals surface area contributed by atoms with Crippen molar-refractivity contribution in [2.24, 2.45) is 0 Å². The van der Waals surface area contributed by atoms with E-state index in [0.717, 1.165) is 11.3 Å². The van der Waals surface area contributed by atoms with E-state index in [4.69, 9.17) is 4.74 Å². The molecule has 100 valence electrons. The SMILES string of the molecule is COc1ccc(C(C)NC(=O)c2[nH]ncc2Br)cc1. The Morgan fingerprint density at radius 2 is 2.11 bits per heavy atom. The van der Waals surface area contributed by atoms with Crippen molar-refractivity contribution in [3.05, 3.63) is 46.2 Å². The number of amides is 1. The number of ether oxygens (including phenoxy) is 1. The zero-order valence-electron chi connectivity index (χ0n) is 10.6. The summed E-state index contributed by atoms with van der Waals surface area (Å²) >= 11 is 3.26. The normalized spacial score (nSPS) is 11.9. The van der Waals surface area contributed by atoms with Crippen molar-refractivity contribution in [2.75, 3.05) is 7.11 Å². The maximum Gasteiger partial charge on any atom is 0.270 e. The van der Waals surface area contributed by atoms with Gasteiger partial charge in [0.05, 0.1) is 23.8 Å². The molecule has 6 heteroatoms. The predicted molar refractivity (Wildman–Crippen MR) is 75.2 cm³/mol. The lowest BCUT2D eigenvalue weighted by Crippen LogP contribution is -2.27. The van der Waals surface area contributed by atoms with Crippen molar-refractivity contribution >= 4 is 21.8 Å². The minimum absolute atomic E-state index is 0.103. The number of halogens is 1. The maximum atomic E-state index is 12.0. The van der Waals surface area contributed by atoms with E-state index >= 15 is 0 Å². The van der Waals surface area contributed by atoms with Crippen molar-refractivity contribution in [1.82, 2.24) is 15.5 Å². The maximum absolute atomic E-state index is 12.0. The summed E-state index contributed by atoms with van der Waals surface area (Å²) in [6.07, 6.45) is 1.55. The second-order valence-electron chi connectivity index (χ2n) is 4.06. The third-order valence-electron chi connectivity index (χ3n) is 2.78. The molecule has 1 unspecified atom stereocenters. The van der Waals surface area contributed by atoms with Crippen LogP contribution in [-0.2, 0) is 0 Å². The molecule has 1 aromatic carbocycles. The van der Waals surface area contributed by atoms with E-state index in [-0.39, 0.29) is 11.9 Å². The van der Waals surface area contributed by atoms with E-state index in [1.165, 1.54) is 0 Å². The Balaban J connectivity index is 2.06. The first-order valence-electron chi connectivity index (χ1n) is 5.75. The summed E-state index contributed by atoms with van der Waals surface area (Å²) in [6, 6.07) is 7.47. The molecule has 0 radical (unpaired) electrons. The van der Waals surface area contributed by atoms with Gasteiger partial charge >= 0.3 is 0 Å². The Morgan fingerprint density at radius 3 is 2.63 bits per heavy atom. The lowest BCUT2D eigenvalue weighted by molar-refractivity contribution is 0.0934. The lowest BCUT2D eigenvalue weighted by atomic mass is 10.1. The third-order valence-corrected chi connectivity index (χ3v) is 3.38. The van der Waals surface area contributed by atoms with Crippen LogP contribution >= 0.6 is 15.9 Å². The van der Waals surface area contributed by atoms with Gasteiger partial charge in [-0.1, -0.05) is 12.1 Å². The van der Waals surface area contributed by atoms with Crippen LogP contribution in [0.3, 0.4) is 0 Å². The summed E-state index contributed by atoms with van der Waals surface area (Å²) in [5.41, 5.74) is 1.42. The molecule has 0 aliphatic heterocycles. The third kappa shape index (κ3) is 3.14. The minimum atomic E-state index is -0.201. The molecule has 1 atom stereocenters. The van der Waals surface area contributed by atoms with E-state index in [2.05, 4.69) is 31.4 Å². The van der Waals surface area contributed by atoms with Gasteiger partial charge in [-0.3, -0.25) is 9.89 Å². The summed E-state index contributed by atoms with van der Waals surface area (Å²) in [6.45, 7) is 1.92. The molecule has 1 amide bonds. The zero-order valence-corrected chi connectivity index (χ0v) is 12.2. The molecule has 1 heterocycles. The largest absolute Gasteiger partial charge is 0.497 e. The number of hydrogen-bond acceptors (Lipinski definition) is 3. The molecule has 1 aromatic heterocycles. The van der Waals surface area contributed by atoms with Gasteiger partial charge < -0.3 is 10.1 Å². The summed E-state index contributed by atoms with van der Waals surface area (Å²) in [5, 5.41) is 9.34. The quantitative estimate of drug-likeness (QED) is 0.909. The number of methoxy groups -OCH3 is 1. The highest BCUT2D eigenvalue weighted by molar-refractivity contribution is 9.10. The van der Waals surface area contributed by atoms with Crippen LogP contribution < -0.4 is 10.1 Å². The number of hydrogen-bond donors (Lipinski definition) is 2. The zero-order chi connectivity index (χ0) is 13.8. The number of carbonyl (C=O) groups is 1. The molecule has 2 aromatic rings. The van der Waals surface area contributed by atoms with Gasteiger partial charge in [0.1, 0.15) is 11.4 Å². The molecule has 0 bridgehead atoms. The molecule has 0 saturated heterocycles. The van der Waals surface area contributed by atoms with Crippen LogP contribution in [0.25, 0.3) is 0 Å². The summed E-state index contributed by atoms with van der Waals surface area (Å²) < 4.78 is 5.74. The molecule has 5 nitrogen and oxygen atoms in total. The van der Waals surface area contributed by atoms with E-state index in [0.29, 0.717) is 10.2 Å². The fourth-order valence-corrected chi connectivity index (χ4v) is 2.05. The van der Waals surface area contributed by atoms with Crippen LogP contribution in [0.2, 0.25) is 0 Å². The second-order valence-corrected chi connectivity index (χ2v) is 4.92. The molecule has 0 saturated carbocycles. The topological polar surface area (TPSA) is 67.0 Å². The Morgan fingerprint density at radius 1 is 1.42 bits per heavy atom. The van der Waals surface area contributed by atoms with Gasteiger partial charge in [-0.15, -0.1) is 0 Å². The van der Waals surface area contributed by atoms with Crippen LogP contribution in [0.4, 0.5) is 0 Å². The van der Waals surface area contributed by atoms with Crippen LogP contribution in [0.1, 0.15) is 29.0 Å². The van der Waals surface area contributed by atoms with Gasteiger partial charge in [-0.25, -0.2) is 0 Å². The van der Waals surface area contributed by atoms with Crippen LogP contribution in [0.5, 0.6) is 5.75 Å². The van der Waals surface area contributed by atoms with Crippen molar-refractivity contribution < 1.29 is 9.53 Å². The Hall–Kier alpha value is -1.82. The smallest absolute Gasteiger partial charge is 0.270 e. The highest BCUT2D eigenvalue weighted by atomic mass is 79.9.